The van der Waals surface area contributed by atoms with Gasteiger partial charge in [0.25, 0.3) is 5.91 Å². The van der Waals surface area contributed by atoms with Crippen molar-refractivity contribution in [2.24, 2.45) is 0 Å². The van der Waals surface area contributed by atoms with Crippen molar-refractivity contribution in [3.05, 3.63) is 52.3 Å². The number of thioether (sulfide) groups is 1. The van der Waals surface area contributed by atoms with Crippen molar-refractivity contribution in [1.82, 2.24) is 25.1 Å². The van der Waals surface area contributed by atoms with Crippen LogP contribution in [0.3, 0.4) is 0 Å². The lowest BCUT2D eigenvalue weighted by Gasteiger charge is -2.09. The van der Waals surface area contributed by atoms with Crippen LogP contribution in [-0.4, -0.2) is 37.3 Å². The fraction of sp³-hybridized carbons (Fsp3) is 0.316. The van der Waals surface area contributed by atoms with Crippen LogP contribution in [0.25, 0.3) is 0 Å². The molecule has 0 spiro atoms. The minimum absolute atomic E-state index is 0.149. The molecule has 152 valence electrons. The Morgan fingerprint density at radius 1 is 1.21 bits per heavy atom. The third kappa shape index (κ3) is 5.42. The van der Waals surface area contributed by atoms with E-state index in [9.17, 15) is 9.59 Å². The summed E-state index contributed by atoms with van der Waals surface area (Å²) in [7, 11) is 0. The van der Waals surface area contributed by atoms with Crippen molar-refractivity contribution in [3.8, 4) is 0 Å². The first kappa shape index (κ1) is 21.0. The van der Waals surface area contributed by atoms with Gasteiger partial charge in [0.2, 0.25) is 5.91 Å². The van der Waals surface area contributed by atoms with Gasteiger partial charge >= 0.3 is 0 Å². The number of rotatable bonds is 8. The van der Waals surface area contributed by atoms with Gasteiger partial charge in [0.15, 0.2) is 16.1 Å². The lowest BCUT2D eigenvalue weighted by Crippen LogP contribution is -2.25. The first-order chi connectivity index (χ1) is 14.0. The molecule has 0 unspecified atom stereocenters. The molecule has 2 amide bonds. The number of hydrogen-bond acceptors (Lipinski definition) is 7. The highest BCUT2D eigenvalue weighted by Gasteiger charge is 2.15. The monoisotopic (exact) mass is 430 g/mol. The van der Waals surface area contributed by atoms with E-state index in [0.717, 1.165) is 10.4 Å². The van der Waals surface area contributed by atoms with Crippen LogP contribution >= 0.6 is 23.1 Å². The molecule has 0 aliphatic carbocycles. The molecule has 0 aliphatic rings. The standard InChI is InChI=1S/C19H22N6O2S2/c1-4-25-15(10-20-17(27)14-8-6-5-7-12(14)2)23-24-19(25)28-11-16(26)22-18-21-9-13(3)29-18/h5-9H,4,10-11H2,1-3H3,(H,20,27)(H,21,22,26). The quantitative estimate of drug-likeness (QED) is 0.533. The molecule has 1 aromatic carbocycles. The predicted molar refractivity (Wildman–Crippen MR) is 114 cm³/mol. The van der Waals surface area contributed by atoms with Gasteiger partial charge in [-0.15, -0.1) is 21.5 Å². The number of carbonyl (C=O) groups excluding carboxylic acids is 2. The van der Waals surface area contributed by atoms with Crippen LogP contribution in [0, 0.1) is 13.8 Å². The van der Waals surface area contributed by atoms with Crippen LogP contribution in [0.15, 0.2) is 35.6 Å². The van der Waals surface area contributed by atoms with Gasteiger partial charge in [0, 0.05) is 23.2 Å². The highest BCUT2D eigenvalue weighted by atomic mass is 32.2. The summed E-state index contributed by atoms with van der Waals surface area (Å²) in [6.07, 6.45) is 1.72. The zero-order valence-corrected chi connectivity index (χ0v) is 18.1. The van der Waals surface area contributed by atoms with Crippen molar-refractivity contribution in [2.75, 3.05) is 11.1 Å². The van der Waals surface area contributed by atoms with Gasteiger partial charge in [-0.3, -0.25) is 9.59 Å². The summed E-state index contributed by atoms with van der Waals surface area (Å²) in [5.41, 5.74) is 1.55. The topological polar surface area (TPSA) is 102 Å². The Morgan fingerprint density at radius 2 is 2.00 bits per heavy atom. The molecular formula is C19H22N6O2S2. The largest absolute Gasteiger partial charge is 0.345 e. The van der Waals surface area contributed by atoms with Crippen molar-refractivity contribution >= 4 is 40.0 Å². The van der Waals surface area contributed by atoms with E-state index in [-0.39, 0.29) is 24.1 Å². The van der Waals surface area contributed by atoms with E-state index in [1.165, 1.54) is 23.1 Å². The van der Waals surface area contributed by atoms with E-state index < -0.39 is 0 Å². The number of aromatic nitrogens is 4. The van der Waals surface area contributed by atoms with E-state index in [4.69, 9.17) is 0 Å². The summed E-state index contributed by atoms with van der Waals surface area (Å²) < 4.78 is 1.89. The molecule has 0 aliphatic heterocycles. The SMILES string of the molecule is CCn1c(CNC(=O)c2ccccc2C)nnc1SCC(=O)Nc1ncc(C)s1. The molecule has 0 saturated carbocycles. The van der Waals surface area contributed by atoms with Crippen LogP contribution in [0.5, 0.6) is 0 Å². The van der Waals surface area contributed by atoms with Crippen molar-refractivity contribution < 1.29 is 9.59 Å². The van der Waals surface area contributed by atoms with E-state index >= 15 is 0 Å². The first-order valence-electron chi connectivity index (χ1n) is 9.09. The summed E-state index contributed by atoms with van der Waals surface area (Å²) in [4.78, 5) is 29.7. The maximum absolute atomic E-state index is 12.4. The minimum Gasteiger partial charge on any atom is -0.345 e. The fourth-order valence-corrected chi connectivity index (χ4v) is 4.16. The van der Waals surface area contributed by atoms with E-state index in [2.05, 4.69) is 25.8 Å². The number of nitrogens with zero attached hydrogens (tertiary/aromatic N) is 4. The van der Waals surface area contributed by atoms with Crippen molar-refractivity contribution in [2.45, 2.75) is 39.0 Å². The maximum atomic E-state index is 12.4. The van der Waals surface area contributed by atoms with Gasteiger partial charge in [-0.25, -0.2) is 4.98 Å². The average molecular weight is 431 g/mol. The van der Waals surface area contributed by atoms with Crippen LogP contribution in [-0.2, 0) is 17.9 Å². The van der Waals surface area contributed by atoms with Crippen LogP contribution < -0.4 is 10.6 Å². The number of anilines is 1. The lowest BCUT2D eigenvalue weighted by molar-refractivity contribution is -0.113. The number of hydrogen-bond donors (Lipinski definition) is 2. The number of amides is 2. The highest BCUT2D eigenvalue weighted by Crippen LogP contribution is 2.20. The number of thiazole rings is 1. The smallest absolute Gasteiger partial charge is 0.251 e. The average Bonchev–Trinajstić information content (AvgIpc) is 3.30. The van der Waals surface area contributed by atoms with E-state index in [0.29, 0.717) is 28.2 Å². The van der Waals surface area contributed by atoms with Gasteiger partial charge in [-0.1, -0.05) is 30.0 Å². The summed E-state index contributed by atoms with van der Waals surface area (Å²) in [5, 5.41) is 15.2. The maximum Gasteiger partial charge on any atom is 0.251 e. The summed E-state index contributed by atoms with van der Waals surface area (Å²) in [6, 6.07) is 7.42. The molecular weight excluding hydrogens is 408 g/mol. The number of benzene rings is 1. The molecule has 0 saturated heterocycles. The van der Waals surface area contributed by atoms with E-state index in [1.54, 1.807) is 12.3 Å². The molecule has 0 fully saturated rings. The van der Waals surface area contributed by atoms with Crippen LogP contribution in [0.4, 0.5) is 5.13 Å². The molecule has 8 nitrogen and oxygen atoms in total. The highest BCUT2D eigenvalue weighted by molar-refractivity contribution is 7.99. The third-order valence-electron chi connectivity index (χ3n) is 4.11. The first-order valence-corrected chi connectivity index (χ1v) is 10.9. The number of nitrogens with one attached hydrogen (secondary N) is 2. The fourth-order valence-electron chi connectivity index (χ4n) is 2.65. The Kier molecular flexibility index (Phi) is 6.99. The Balaban J connectivity index is 1.57. The summed E-state index contributed by atoms with van der Waals surface area (Å²) in [6.45, 7) is 6.71. The molecule has 29 heavy (non-hydrogen) atoms. The number of carbonyl (C=O) groups is 2. The van der Waals surface area contributed by atoms with Crippen molar-refractivity contribution in [3.63, 3.8) is 0 Å². The Morgan fingerprint density at radius 3 is 2.69 bits per heavy atom. The molecule has 3 aromatic rings. The zero-order valence-electron chi connectivity index (χ0n) is 16.4. The van der Waals surface area contributed by atoms with Gasteiger partial charge in [0.05, 0.1) is 12.3 Å². The van der Waals surface area contributed by atoms with Gasteiger partial charge in [-0.2, -0.15) is 0 Å². The molecule has 2 heterocycles. The molecule has 3 rings (SSSR count). The molecule has 2 aromatic heterocycles. The normalized spacial score (nSPS) is 10.7. The second-order valence-electron chi connectivity index (χ2n) is 6.25. The van der Waals surface area contributed by atoms with Crippen LogP contribution in [0.2, 0.25) is 0 Å². The van der Waals surface area contributed by atoms with Crippen LogP contribution in [0.1, 0.15) is 33.5 Å². The minimum atomic E-state index is -0.152. The molecule has 0 radical (unpaired) electrons. The Labute approximate surface area is 177 Å². The van der Waals surface area contributed by atoms with Crippen molar-refractivity contribution in [1.29, 1.82) is 0 Å². The van der Waals surface area contributed by atoms with Gasteiger partial charge in [0.1, 0.15) is 0 Å². The molecule has 2 N–H and O–H groups in total. The summed E-state index contributed by atoms with van der Waals surface area (Å²) >= 11 is 2.73. The summed E-state index contributed by atoms with van der Waals surface area (Å²) in [5.74, 6) is 0.546. The molecule has 0 atom stereocenters. The zero-order chi connectivity index (χ0) is 20.8. The predicted octanol–water partition coefficient (Wildman–Crippen LogP) is 3.03. The Hall–Kier alpha value is -2.72. The second kappa shape index (κ2) is 9.66. The van der Waals surface area contributed by atoms with Gasteiger partial charge in [-0.05, 0) is 32.4 Å². The second-order valence-corrected chi connectivity index (χ2v) is 8.43. The third-order valence-corrected chi connectivity index (χ3v) is 5.90. The molecule has 0 bridgehead atoms. The van der Waals surface area contributed by atoms with Gasteiger partial charge < -0.3 is 15.2 Å². The number of aryl methyl sites for hydroxylation is 2. The molecule has 10 heteroatoms. The lowest BCUT2D eigenvalue weighted by atomic mass is 10.1. The Bertz CT molecular complexity index is 1010. The van der Waals surface area contributed by atoms with E-state index in [1.807, 2.05) is 43.5 Å².